The number of rotatable bonds is 4. The highest BCUT2D eigenvalue weighted by Crippen LogP contribution is 2.10. The summed E-state index contributed by atoms with van der Waals surface area (Å²) in [4.78, 5) is 2.42. The molecular formula is C13H19NO2. The van der Waals surface area contributed by atoms with Crippen LogP contribution >= 0.6 is 0 Å². The van der Waals surface area contributed by atoms with Crippen LogP contribution in [0, 0.1) is 0 Å². The van der Waals surface area contributed by atoms with E-state index in [1.807, 2.05) is 0 Å². The van der Waals surface area contributed by atoms with Gasteiger partial charge in [0.15, 0.2) is 0 Å². The Hall–Kier alpha value is -0.900. The van der Waals surface area contributed by atoms with Crippen LogP contribution in [0.5, 0.6) is 0 Å². The van der Waals surface area contributed by atoms with E-state index in [0.29, 0.717) is 6.61 Å². The number of ether oxygens (including phenoxy) is 2. The Morgan fingerprint density at radius 1 is 1.38 bits per heavy atom. The van der Waals surface area contributed by atoms with Crippen molar-refractivity contribution in [2.24, 2.45) is 0 Å². The lowest BCUT2D eigenvalue weighted by atomic mass is 10.2. The van der Waals surface area contributed by atoms with Crippen LogP contribution in [0.25, 0.3) is 0 Å². The summed E-state index contributed by atoms with van der Waals surface area (Å²) in [5.74, 6) is 0. The first kappa shape index (κ1) is 11.6. The Bertz CT molecular complexity index is 300. The average Bonchev–Trinajstić information content (AvgIpc) is 2.31. The van der Waals surface area contributed by atoms with Gasteiger partial charge in [-0.1, -0.05) is 30.3 Å². The first-order valence-electron chi connectivity index (χ1n) is 5.75. The van der Waals surface area contributed by atoms with Gasteiger partial charge in [0.1, 0.15) is 0 Å². The van der Waals surface area contributed by atoms with Gasteiger partial charge in [-0.2, -0.15) is 0 Å². The largest absolute Gasteiger partial charge is 0.382 e. The third-order valence-electron chi connectivity index (χ3n) is 2.82. The van der Waals surface area contributed by atoms with E-state index in [1.54, 1.807) is 7.11 Å². The lowest BCUT2D eigenvalue weighted by Crippen LogP contribution is -2.43. The number of morpholine rings is 1. The molecule has 0 bridgehead atoms. The van der Waals surface area contributed by atoms with E-state index in [2.05, 4.69) is 35.2 Å². The number of benzene rings is 1. The average molecular weight is 221 g/mol. The molecule has 0 aromatic heterocycles. The van der Waals surface area contributed by atoms with Gasteiger partial charge in [0.2, 0.25) is 0 Å². The fourth-order valence-electron chi connectivity index (χ4n) is 2.05. The van der Waals surface area contributed by atoms with Gasteiger partial charge in [0, 0.05) is 26.7 Å². The molecule has 1 saturated heterocycles. The summed E-state index contributed by atoms with van der Waals surface area (Å²) in [7, 11) is 1.72. The maximum atomic E-state index is 5.62. The molecule has 88 valence electrons. The molecule has 1 aromatic rings. The van der Waals surface area contributed by atoms with Crippen molar-refractivity contribution in [3.05, 3.63) is 35.9 Å². The minimum atomic E-state index is 0.225. The molecule has 1 fully saturated rings. The molecule has 1 heterocycles. The molecule has 3 heteroatoms. The number of nitrogens with zero attached hydrogens (tertiary/aromatic N) is 1. The minimum absolute atomic E-state index is 0.225. The van der Waals surface area contributed by atoms with Crippen LogP contribution in [0.2, 0.25) is 0 Å². The summed E-state index contributed by atoms with van der Waals surface area (Å²) in [6, 6.07) is 10.6. The highest BCUT2D eigenvalue weighted by atomic mass is 16.5. The summed E-state index contributed by atoms with van der Waals surface area (Å²) in [5.41, 5.74) is 1.36. The van der Waals surface area contributed by atoms with Crippen molar-refractivity contribution in [3.8, 4) is 0 Å². The zero-order valence-electron chi connectivity index (χ0n) is 9.76. The van der Waals surface area contributed by atoms with Crippen LogP contribution in [-0.4, -0.2) is 44.4 Å². The van der Waals surface area contributed by atoms with E-state index >= 15 is 0 Å². The maximum Gasteiger partial charge on any atom is 0.0935 e. The van der Waals surface area contributed by atoms with Crippen LogP contribution in [0.4, 0.5) is 0 Å². The SMILES string of the molecule is COC[C@@H]1CN(Cc2ccccc2)CCO1. The molecule has 0 radical (unpaired) electrons. The summed E-state index contributed by atoms with van der Waals surface area (Å²) in [6.07, 6.45) is 0.225. The third kappa shape index (κ3) is 3.30. The fourth-order valence-corrected chi connectivity index (χ4v) is 2.05. The zero-order chi connectivity index (χ0) is 11.2. The molecular weight excluding hydrogens is 202 g/mol. The highest BCUT2D eigenvalue weighted by Gasteiger charge is 2.19. The lowest BCUT2D eigenvalue weighted by molar-refractivity contribution is -0.0631. The first-order valence-corrected chi connectivity index (χ1v) is 5.75. The van der Waals surface area contributed by atoms with Gasteiger partial charge in [-0.3, -0.25) is 4.90 Å². The Morgan fingerprint density at radius 2 is 2.19 bits per heavy atom. The number of hydrogen-bond acceptors (Lipinski definition) is 3. The van der Waals surface area contributed by atoms with Gasteiger partial charge in [-0.15, -0.1) is 0 Å². The summed E-state index contributed by atoms with van der Waals surface area (Å²) in [5, 5.41) is 0. The second kappa shape index (κ2) is 5.99. The monoisotopic (exact) mass is 221 g/mol. The summed E-state index contributed by atoms with van der Waals surface area (Å²) < 4.78 is 10.7. The molecule has 16 heavy (non-hydrogen) atoms. The number of methoxy groups -OCH3 is 1. The Labute approximate surface area is 97.0 Å². The van der Waals surface area contributed by atoms with Crippen molar-refractivity contribution in [1.29, 1.82) is 0 Å². The Balaban J connectivity index is 1.85. The van der Waals surface area contributed by atoms with E-state index in [1.165, 1.54) is 5.56 Å². The summed E-state index contributed by atoms with van der Waals surface area (Å²) in [6.45, 7) is 4.47. The molecule has 1 aromatic carbocycles. The minimum Gasteiger partial charge on any atom is -0.382 e. The molecule has 0 amide bonds. The molecule has 1 aliphatic rings. The topological polar surface area (TPSA) is 21.7 Å². The van der Waals surface area contributed by atoms with Crippen LogP contribution < -0.4 is 0 Å². The molecule has 2 rings (SSSR count). The van der Waals surface area contributed by atoms with Gasteiger partial charge in [0.25, 0.3) is 0 Å². The lowest BCUT2D eigenvalue weighted by Gasteiger charge is -2.32. The van der Waals surface area contributed by atoms with Crippen molar-refractivity contribution in [2.75, 3.05) is 33.4 Å². The van der Waals surface area contributed by atoms with Gasteiger partial charge in [-0.25, -0.2) is 0 Å². The zero-order valence-corrected chi connectivity index (χ0v) is 9.76. The highest BCUT2D eigenvalue weighted by molar-refractivity contribution is 5.14. The molecule has 0 N–H and O–H groups in total. The van der Waals surface area contributed by atoms with E-state index in [-0.39, 0.29) is 6.10 Å². The van der Waals surface area contributed by atoms with Crippen LogP contribution in [0.15, 0.2) is 30.3 Å². The standard InChI is InChI=1S/C13H19NO2/c1-15-11-13-10-14(7-8-16-13)9-12-5-3-2-4-6-12/h2-6,13H,7-11H2,1H3/t13-/m0/s1. The molecule has 0 spiro atoms. The van der Waals surface area contributed by atoms with Gasteiger partial charge < -0.3 is 9.47 Å². The molecule has 1 atom stereocenters. The summed E-state index contributed by atoms with van der Waals surface area (Å²) >= 11 is 0. The normalized spacial score (nSPS) is 22.2. The van der Waals surface area contributed by atoms with Gasteiger partial charge in [0.05, 0.1) is 19.3 Å². The van der Waals surface area contributed by atoms with Crippen molar-refractivity contribution >= 4 is 0 Å². The fraction of sp³-hybridized carbons (Fsp3) is 0.538. The Morgan fingerprint density at radius 3 is 2.94 bits per heavy atom. The van der Waals surface area contributed by atoms with Gasteiger partial charge in [-0.05, 0) is 5.56 Å². The second-order valence-electron chi connectivity index (χ2n) is 4.17. The van der Waals surface area contributed by atoms with Crippen molar-refractivity contribution in [1.82, 2.24) is 4.90 Å². The third-order valence-corrected chi connectivity index (χ3v) is 2.82. The smallest absolute Gasteiger partial charge is 0.0935 e. The first-order chi connectivity index (χ1) is 7.88. The molecule has 1 aliphatic heterocycles. The van der Waals surface area contributed by atoms with Crippen LogP contribution in [0.3, 0.4) is 0 Å². The molecule has 0 unspecified atom stereocenters. The van der Waals surface area contributed by atoms with E-state index in [4.69, 9.17) is 9.47 Å². The maximum absolute atomic E-state index is 5.62. The second-order valence-corrected chi connectivity index (χ2v) is 4.17. The van der Waals surface area contributed by atoms with E-state index < -0.39 is 0 Å². The van der Waals surface area contributed by atoms with E-state index in [0.717, 1.165) is 26.2 Å². The predicted octanol–water partition coefficient (Wildman–Crippen LogP) is 1.53. The van der Waals surface area contributed by atoms with E-state index in [9.17, 15) is 0 Å². The number of hydrogen-bond donors (Lipinski definition) is 0. The predicted molar refractivity (Wildman–Crippen MR) is 63.3 cm³/mol. The molecule has 0 saturated carbocycles. The van der Waals surface area contributed by atoms with Gasteiger partial charge >= 0.3 is 0 Å². The van der Waals surface area contributed by atoms with Crippen molar-refractivity contribution in [2.45, 2.75) is 12.6 Å². The van der Waals surface area contributed by atoms with Crippen LogP contribution in [-0.2, 0) is 16.0 Å². The van der Waals surface area contributed by atoms with Crippen molar-refractivity contribution in [3.63, 3.8) is 0 Å². The Kier molecular flexibility index (Phi) is 4.34. The van der Waals surface area contributed by atoms with Crippen molar-refractivity contribution < 1.29 is 9.47 Å². The quantitative estimate of drug-likeness (QED) is 0.769. The molecule has 3 nitrogen and oxygen atoms in total. The van der Waals surface area contributed by atoms with Crippen LogP contribution in [0.1, 0.15) is 5.56 Å². The molecule has 0 aliphatic carbocycles.